The van der Waals surface area contributed by atoms with Gasteiger partial charge in [0.2, 0.25) is 0 Å². The highest BCUT2D eigenvalue weighted by atomic mass is 35.5. The van der Waals surface area contributed by atoms with Gasteiger partial charge in [-0.25, -0.2) is 4.39 Å². The number of benzene rings is 1. The van der Waals surface area contributed by atoms with Gasteiger partial charge in [0, 0.05) is 7.05 Å². The minimum absolute atomic E-state index is 0.0109. The van der Waals surface area contributed by atoms with E-state index in [2.05, 4.69) is 4.99 Å². The van der Waals surface area contributed by atoms with Crippen LogP contribution in [0.25, 0.3) is 0 Å². The molecule has 0 aliphatic carbocycles. The van der Waals surface area contributed by atoms with E-state index in [4.69, 9.17) is 17.3 Å². The van der Waals surface area contributed by atoms with E-state index < -0.39 is 5.82 Å². The van der Waals surface area contributed by atoms with Crippen LogP contribution >= 0.6 is 11.6 Å². The lowest BCUT2D eigenvalue weighted by Gasteiger charge is -2.21. The molecular weight excluding hydrogens is 217 g/mol. The van der Waals surface area contributed by atoms with Crippen molar-refractivity contribution in [2.24, 2.45) is 10.7 Å². The van der Waals surface area contributed by atoms with Gasteiger partial charge in [-0.05, 0) is 17.7 Å². The Bertz CT molecular complexity index is 419. The standard InChI is InChI=1S/C10H11ClFN3/c1-15-9(5-14-10(15)13)6-2-3-7(11)8(12)4-6/h2-4,9H,5H2,1H3,(H2,13,14). The van der Waals surface area contributed by atoms with Crippen LogP contribution < -0.4 is 5.73 Å². The number of rotatable bonds is 1. The molecule has 0 fully saturated rings. The molecule has 15 heavy (non-hydrogen) atoms. The lowest BCUT2D eigenvalue weighted by atomic mass is 10.1. The van der Waals surface area contributed by atoms with E-state index in [-0.39, 0.29) is 11.1 Å². The van der Waals surface area contributed by atoms with Gasteiger partial charge in [0.15, 0.2) is 5.96 Å². The first-order valence-corrected chi connectivity index (χ1v) is 4.95. The minimum Gasteiger partial charge on any atom is -0.370 e. The van der Waals surface area contributed by atoms with Crippen molar-refractivity contribution in [1.82, 2.24) is 4.90 Å². The maximum absolute atomic E-state index is 13.2. The van der Waals surface area contributed by atoms with Gasteiger partial charge in [-0.2, -0.15) is 0 Å². The molecule has 5 heteroatoms. The van der Waals surface area contributed by atoms with Crippen LogP contribution in [0.15, 0.2) is 23.2 Å². The van der Waals surface area contributed by atoms with Crippen LogP contribution in [0.3, 0.4) is 0 Å². The number of hydrogen-bond donors (Lipinski definition) is 1. The zero-order chi connectivity index (χ0) is 11.0. The molecule has 3 nitrogen and oxygen atoms in total. The summed E-state index contributed by atoms with van der Waals surface area (Å²) < 4.78 is 13.2. The first kappa shape index (κ1) is 10.2. The van der Waals surface area contributed by atoms with E-state index in [0.717, 1.165) is 5.56 Å². The largest absolute Gasteiger partial charge is 0.370 e. The number of aliphatic imine (C=N–C) groups is 1. The Hall–Kier alpha value is -1.29. The fourth-order valence-electron chi connectivity index (χ4n) is 1.62. The topological polar surface area (TPSA) is 41.6 Å². The normalized spacial score (nSPS) is 20.6. The summed E-state index contributed by atoms with van der Waals surface area (Å²) in [7, 11) is 1.84. The number of likely N-dealkylation sites (N-methyl/N-ethyl adjacent to an activating group) is 1. The minimum atomic E-state index is -0.409. The van der Waals surface area contributed by atoms with Crippen molar-refractivity contribution in [2.45, 2.75) is 6.04 Å². The van der Waals surface area contributed by atoms with Crippen LogP contribution in [0.5, 0.6) is 0 Å². The Kier molecular flexibility index (Phi) is 2.52. The first-order chi connectivity index (χ1) is 7.09. The lowest BCUT2D eigenvalue weighted by Crippen LogP contribution is -2.32. The third kappa shape index (κ3) is 1.77. The van der Waals surface area contributed by atoms with Crippen molar-refractivity contribution in [2.75, 3.05) is 13.6 Å². The summed E-state index contributed by atoms with van der Waals surface area (Å²) >= 11 is 5.61. The van der Waals surface area contributed by atoms with Crippen LogP contribution in [-0.4, -0.2) is 24.5 Å². The Balaban J connectivity index is 2.28. The molecule has 2 N–H and O–H groups in total. The SMILES string of the molecule is CN1C(N)=NCC1c1ccc(Cl)c(F)c1. The molecule has 1 unspecified atom stereocenters. The molecule has 0 spiro atoms. The highest BCUT2D eigenvalue weighted by Gasteiger charge is 2.24. The molecule has 0 saturated heterocycles. The molecule has 1 aliphatic heterocycles. The number of halogens is 2. The molecular formula is C10H11ClFN3. The summed E-state index contributed by atoms with van der Waals surface area (Å²) in [5.74, 6) is 0.0726. The predicted molar refractivity (Wildman–Crippen MR) is 58.4 cm³/mol. The van der Waals surface area contributed by atoms with Gasteiger partial charge in [0.05, 0.1) is 17.6 Å². The van der Waals surface area contributed by atoms with Crippen molar-refractivity contribution in [3.8, 4) is 0 Å². The summed E-state index contributed by atoms with van der Waals surface area (Å²) in [6, 6.07) is 4.78. The monoisotopic (exact) mass is 227 g/mol. The van der Waals surface area contributed by atoms with Crippen molar-refractivity contribution < 1.29 is 4.39 Å². The van der Waals surface area contributed by atoms with Crippen LogP contribution in [0.4, 0.5) is 4.39 Å². The smallest absolute Gasteiger partial charge is 0.191 e. The lowest BCUT2D eigenvalue weighted by molar-refractivity contribution is 0.412. The Morgan fingerprint density at radius 2 is 2.33 bits per heavy atom. The van der Waals surface area contributed by atoms with Crippen molar-refractivity contribution in [3.05, 3.63) is 34.6 Å². The van der Waals surface area contributed by atoms with Crippen LogP contribution in [0, 0.1) is 5.82 Å². The number of hydrogen-bond acceptors (Lipinski definition) is 3. The molecule has 0 radical (unpaired) electrons. The van der Waals surface area contributed by atoms with Crippen LogP contribution in [0.1, 0.15) is 11.6 Å². The van der Waals surface area contributed by atoms with Gasteiger partial charge in [0.1, 0.15) is 5.82 Å². The second-order valence-corrected chi connectivity index (χ2v) is 3.91. The van der Waals surface area contributed by atoms with Gasteiger partial charge in [-0.1, -0.05) is 17.7 Å². The highest BCUT2D eigenvalue weighted by molar-refractivity contribution is 6.30. The van der Waals surface area contributed by atoms with E-state index >= 15 is 0 Å². The second-order valence-electron chi connectivity index (χ2n) is 3.50. The summed E-state index contributed by atoms with van der Waals surface area (Å²) in [5.41, 5.74) is 6.47. The third-order valence-corrected chi connectivity index (χ3v) is 2.89. The zero-order valence-electron chi connectivity index (χ0n) is 8.24. The Labute approximate surface area is 92.3 Å². The fraction of sp³-hybridized carbons (Fsp3) is 0.300. The predicted octanol–water partition coefficient (Wildman–Crippen LogP) is 1.78. The molecule has 0 saturated carbocycles. The highest BCUT2D eigenvalue weighted by Crippen LogP contribution is 2.26. The van der Waals surface area contributed by atoms with Crippen LogP contribution in [-0.2, 0) is 0 Å². The molecule has 1 aromatic rings. The van der Waals surface area contributed by atoms with Gasteiger partial charge >= 0.3 is 0 Å². The third-order valence-electron chi connectivity index (χ3n) is 2.58. The van der Waals surface area contributed by atoms with Gasteiger partial charge < -0.3 is 10.6 Å². The van der Waals surface area contributed by atoms with Crippen LogP contribution in [0.2, 0.25) is 5.02 Å². The van der Waals surface area contributed by atoms with E-state index in [9.17, 15) is 4.39 Å². The summed E-state index contributed by atoms with van der Waals surface area (Å²) in [5, 5.41) is 0.133. The summed E-state index contributed by atoms with van der Waals surface area (Å²) in [6.45, 7) is 0.559. The maximum Gasteiger partial charge on any atom is 0.191 e. The Morgan fingerprint density at radius 3 is 2.87 bits per heavy atom. The second kappa shape index (κ2) is 3.70. The molecule has 0 bridgehead atoms. The average Bonchev–Trinajstić information content (AvgIpc) is 2.53. The summed E-state index contributed by atoms with van der Waals surface area (Å²) in [6.07, 6.45) is 0. The van der Waals surface area contributed by atoms with Gasteiger partial charge in [0.25, 0.3) is 0 Å². The maximum atomic E-state index is 13.2. The summed E-state index contributed by atoms with van der Waals surface area (Å²) in [4.78, 5) is 5.91. The van der Waals surface area contributed by atoms with E-state index in [0.29, 0.717) is 12.5 Å². The molecule has 0 aromatic heterocycles. The molecule has 2 rings (SSSR count). The van der Waals surface area contributed by atoms with E-state index in [1.807, 2.05) is 11.9 Å². The zero-order valence-corrected chi connectivity index (χ0v) is 9.00. The van der Waals surface area contributed by atoms with Crippen molar-refractivity contribution in [3.63, 3.8) is 0 Å². The molecule has 1 aliphatic rings. The number of nitrogens with two attached hydrogens (primary N) is 1. The number of nitrogens with zero attached hydrogens (tertiary/aromatic N) is 2. The average molecular weight is 228 g/mol. The molecule has 1 atom stereocenters. The molecule has 1 aromatic carbocycles. The van der Waals surface area contributed by atoms with E-state index in [1.165, 1.54) is 6.07 Å². The molecule has 1 heterocycles. The molecule has 80 valence electrons. The van der Waals surface area contributed by atoms with Gasteiger partial charge in [-0.15, -0.1) is 0 Å². The van der Waals surface area contributed by atoms with Crippen molar-refractivity contribution in [1.29, 1.82) is 0 Å². The Morgan fingerprint density at radius 1 is 1.60 bits per heavy atom. The fourth-order valence-corrected chi connectivity index (χ4v) is 1.74. The quantitative estimate of drug-likeness (QED) is 0.795. The van der Waals surface area contributed by atoms with Crippen molar-refractivity contribution >= 4 is 17.6 Å². The molecule has 0 amide bonds. The van der Waals surface area contributed by atoms with E-state index in [1.54, 1.807) is 12.1 Å². The van der Waals surface area contributed by atoms with Gasteiger partial charge in [-0.3, -0.25) is 4.99 Å². The number of guanidine groups is 1. The first-order valence-electron chi connectivity index (χ1n) is 4.57.